The lowest BCUT2D eigenvalue weighted by atomic mass is 9.73. The Morgan fingerprint density at radius 1 is 1.56 bits per heavy atom. The van der Waals surface area contributed by atoms with Gasteiger partial charge >= 0.3 is 0 Å². The minimum Gasteiger partial charge on any atom is -0.349 e. The van der Waals surface area contributed by atoms with Gasteiger partial charge in [-0.3, -0.25) is 9.89 Å². The van der Waals surface area contributed by atoms with Crippen LogP contribution in [0.2, 0.25) is 0 Å². The molecule has 0 radical (unpaired) electrons. The Bertz CT molecular complexity index is 356. The van der Waals surface area contributed by atoms with Crippen molar-refractivity contribution < 1.29 is 4.79 Å². The number of rotatable bonds is 2. The van der Waals surface area contributed by atoms with Crippen LogP contribution in [0.4, 0.5) is 0 Å². The van der Waals surface area contributed by atoms with Gasteiger partial charge in [0.2, 0.25) is 0 Å². The number of carbonyl (C=O) groups excluding carboxylic acids is 1. The van der Waals surface area contributed by atoms with Gasteiger partial charge in [0.15, 0.2) is 0 Å². The molecule has 0 bridgehead atoms. The molecule has 0 spiro atoms. The van der Waals surface area contributed by atoms with Crippen LogP contribution in [0.1, 0.15) is 49.9 Å². The summed E-state index contributed by atoms with van der Waals surface area (Å²) in [5.41, 5.74) is 0.818. The Balaban J connectivity index is 2.01. The van der Waals surface area contributed by atoms with Gasteiger partial charge in [-0.2, -0.15) is 5.10 Å². The first kappa shape index (κ1) is 11.2. The minimum atomic E-state index is -0.0197. The molecule has 1 aromatic rings. The highest BCUT2D eigenvalue weighted by molar-refractivity contribution is 5.93. The number of amides is 1. The van der Waals surface area contributed by atoms with E-state index in [1.807, 2.05) is 0 Å². The summed E-state index contributed by atoms with van der Waals surface area (Å²) >= 11 is 0. The molecule has 4 nitrogen and oxygen atoms in total. The number of aromatic nitrogens is 2. The topological polar surface area (TPSA) is 57.8 Å². The molecule has 1 amide bonds. The van der Waals surface area contributed by atoms with E-state index < -0.39 is 0 Å². The maximum Gasteiger partial charge on any atom is 0.254 e. The third-order valence-electron chi connectivity index (χ3n) is 3.57. The van der Waals surface area contributed by atoms with Gasteiger partial charge in [-0.25, -0.2) is 0 Å². The van der Waals surface area contributed by atoms with Crippen molar-refractivity contribution in [3.63, 3.8) is 0 Å². The predicted octanol–water partition coefficient (Wildman–Crippen LogP) is 2.11. The van der Waals surface area contributed by atoms with Crippen molar-refractivity contribution in [1.82, 2.24) is 15.5 Å². The monoisotopic (exact) mass is 221 g/mol. The highest BCUT2D eigenvalue weighted by Crippen LogP contribution is 2.35. The molecule has 0 aliphatic heterocycles. The zero-order chi connectivity index (χ0) is 11.6. The van der Waals surface area contributed by atoms with Gasteiger partial charge in [-0.1, -0.05) is 26.7 Å². The van der Waals surface area contributed by atoms with Crippen LogP contribution in [-0.4, -0.2) is 22.1 Å². The van der Waals surface area contributed by atoms with E-state index >= 15 is 0 Å². The van der Waals surface area contributed by atoms with Crippen LogP contribution in [-0.2, 0) is 0 Å². The zero-order valence-corrected chi connectivity index (χ0v) is 9.92. The minimum absolute atomic E-state index is 0.0197. The molecule has 16 heavy (non-hydrogen) atoms. The molecular formula is C12H19N3O. The van der Waals surface area contributed by atoms with E-state index in [1.54, 1.807) is 12.4 Å². The molecular weight excluding hydrogens is 202 g/mol. The van der Waals surface area contributed by atoms with Gasteiger partial charge in [0, 0.05) is 12.2 Å². The standard InChI is InChI=1S/C12H19N3O/c1-12(2)6-4-3-5-10(12)15-11(16)9-7-13-14-8-9/h7-8,10H,3-6H2,1-2H3,(H,13,14)(H,15,16). The molecule has 1 aliphatic rings. The van der Waals surface area contributed by atoms with Crippen LogP contribution in [0.25, 0.3) is 0 Å². The third-order valence-corrected chi connectivity index (χ3v) is 3.57. The van der Waals surface area contributed by atoms with Crippen LogP contribution in [0.3, 0.4) is 0 Å². The second-order valence-electron chi connectivity index (χ2n) is 5.25. The van der Waals surface area contributed by atoms with Crippen LogP contribution in [0.15, 0.2) is 12.4 Å². The van der Waals surface area contributed by atoms with Crippen LogP contribution in [0, 0.1) is 5.41 Å². The van der Waals surface area contributed by atoms with Gasteiger partial charge in [0.25, 0.3) is 5.91 Å². The molecule has 2 N–H and O–H groups in total. The molecule has 1 aromatic heterocycles. The fourth-order valence-electron chi connectivity index (χ4n) is 2.38. The predicted molar refractivity (Wildman–Crippen MR) is 62.1 cm³/mol. The molecule has 1 atom stereocenters. The summed E-state index contributed by atoms with van der Waals surface area (Å²) < 4.78 is 0. The van der Waals surface area contributed by atoms with E-state index in [4.69, 9.17) is 0 Å². The number of hydrogen-bond acceptors (Lipinski definition) is 2. The summed E-state index contributed by atoms with van der Waals surface area (Å²) in [5, 5.41) is 9.56. The number of H-pyrrole nitrogens is 1. The van der Waals surface area contributed by atoms with E-state index in [9.17, 15) is 4.79 Å². The highest BCUT2D eigenvalue weighted by Gasteiger charge is 2.33. The molecule has 1 fully saturated rings. The van der Waals surface area contributed by atoms with E-state index in [0.717, 1.165) is 6.42 Å². The smallest absolute Gasteiger partial charge is 0.254 e. The molecule has 0 saturated heterocycles. The SMILES string of the molecule is CC1(C)CCCCC1NC(=O)c1cn[nH]c1. The van der Waals surface area contributed by atoms with Gasteiger partial charge < -0.3 is 5.32 Å². The maximum atomic E-state index is 11.9. The number of nitrogens with zero attached hydrogens (tertiary/aromatic N) is 1. The number of nitrogens with one attached hydrogen (secondary N) is 2. The first-order valence-electron chi connectivity index (χ1n) is 5.89. The number of hydrogen-bond donors (Lipinski definition) is 2. The van der Waals surface area contributed by atoms with Crippen molar-refractivity contribution in [2.45, 2.75) is 45.6 Å². The molecule has 88 valence electrons. The van der Waals surface area contributed by atoms with E-state index in [0.29, 0.717) is 5.56 Å². The average Bonchev–Trinajstić information content (AvgIpc) is 2.74. The number of aromatic amines is 1. The zero-order valence-electron chi connectivity index (χ0n) is 9.92. The fraction of sp³-hybridized carbons (Fsp3) is 0.667. The average molecular weight is 221 g/mol. The van der Waals surface area contributed by atoms with Crippen molar-refractivity contribution in [2.75, 3.05) is 0 Å². The van der Waals surface area contributed by atoms with Gasteiger partial charge in [-0.15, -0.1) is 0 Å². The van der Waals surface area contributed by atoms with Gasteiger partial charge in [-0.05, 0) is 18.3 Å². The van der Waals surface area contributed by atoms with Crippen molar-refractivity contribution >= 4 is 5.91 Å². The van der Waals surface area contributed by atoms with Crippen LogP contribution < -0.4 is 5.32 Å². The Kier molecular flexibility index (Phi) is 2.99. The number of carbonyl (C=O) groups is 1. The summed E-state index contributed by atoms with van der Waals surface area (Å²) in [6, 6.07) is 0.281. The molecule has 1 saturated carbocycles. The quantitative estimate of drug-likeness (QED) is 0.803. The lowest BCUT2D eigenvalue weighted by Crippen LogP contribution is -2.46. The van der Waals surface area contributed by atoms with Crippen molar-refractivity contribution in [3.05, 3.63) is 18.0 Å². The molecule has 0 aromatic carbocycles. The maximum absolute atomic E-state index is 11.9. The Hall–Kier alpha value is -1.32. The molecule has 1 unspecified atom stereocenters. The van der Waals surface area contributed by atoms with E-state index in [-0.39, 0.29) is 17.4 Å². The van der Waals surface area contributed by atoms with Gasteiger partial charge in [0.1, 0.15) is 0 Å². The Morgan fingerprint density at radius 2 is 2.38 bits per heavy atom. The highest BCUT2D eigenvalue weighted by atomic mass is 16.1. The lowest BCUT2D eigenvalue weighted by molar-refractivity contribution is 0.0853. The van der Waals surface area contributed by atoms with Crippen molar-refractivity contribution in [2.24, 2.45) is 5.41 Å². The summed E-state index contributed by atoms with van der Waals surface area (Å²) in [7, 11) is 0. The second-order valence-corrected chi connectivity index (χ2v) is 5.25. The fourth-order valence-corrected chi connectivity index (χ4v) is 2.38. The largest absolute Gasteiger partial charge is 0.349 e. The van der Waals surface area contributed by atoms with E-state index in [2.05, 4.69) is 29.4 Å². The molecule has 1 heterocycles. The van der Waals surface area contributed by atoms with Crippen LogP contribution in [0.5, 0.6) is 0 Å². The first-order chi connectivity index (χ1) is 7.59. The third kappa shape index (κ3) is 2.26. The molecule has 1 aliphatic carbocycles. The normalized spacial score (nSPS) is 24.0. The molecule has 2 rings (SSSR count). The van der Waals surface area contributed by atoms with Crippen LogP contribution >= 0.6 is 0 Å². The summed E-state index contributed by atoms with van der Waals surface area (Å²) in [5.74, 6) is -0.0197. The first-order valence-corrected chi connectivity index (χ1v) is 5.89. The van der Waals surface area contributed by atoms with Crippen molar-refractivity contribution in [3.8, 4) is 0 Å². The Labute approximate surface area is 95.8 Å². The summed E-state index contributed by atoms with van der Waals surface area (Å²) in [6.45, 7) is 4.46. The molecule has 4 heteroatoms. The lowest BCUT2D eigenvalue weighted by Gasteiger charge is -2.38. The second kappa shape index (κ2) is 4.28. The Morgan fingerprint density at radius 3 is 3.00 bits per heavy atom. The van der Waals surface area contributed by atoms with E-state index in [1.165, 1.54) is 19.3 Å². The van der Waals surface area contributed by atoms with Crippen molar-refractivity contribution in [1.29, 1.82) is 0 Å². The van der Waals surface area contributed by atoms with Gasteiger partial charge in [0.05, 0.1) is 11.8 Å². The summed E-state index contributed by atoms with van der Waals surface area (Å²) in [4.78, 5) is 11.9. The summed E-state index contributed by atoms with van der Waals surface area (Å²) in [6.07, 6.45) is 7.93.